The Morgan fingerprint density at radius 1 is 1.10 bits per heavy atom. The first-order valence-corrected chi connectivity index (χ1v) is 12.6. The van der Waals surface area contributed by atoms with Gasteiger partial charge < -0.3 is 10.5 Å². The van der Waals surface area contributed by atoms with Crippen molar-refractivity contribution in [1.29, 1.82) is 0 Å². The molecular formula is C28H28F4N6O. The number of aromatic nitrogens is 4. The molecule has 5 rings (SSSR count). The Hall–Kier alpha value is -3.99. The van der Waals surface area contributed by atoms with Crippen LogP contribution in [-0.2, 0) is 6.54 Å². The summed E-state index contributed by atoms with van der Waals surface area (Å²) in [7, 11) is 0. The molecule has 2 N–H and O–H groups in total. The van der Waals surface area contributed by atoms with Crippen molar-refractivity contribution in [3.05, 3.63) is 77.9 Å². The number of ether oxygens (including phenoxy) is 1. The molecule has 11 heteroatoms. The predicted molar refractivity (Wildman–Crippen MR) is 141 cm³/mol. The molecular weight excluding hydrogens is 512 g/mol. The number of imidazole rings is 1. The Morgan fingerprint density at radius 2 is 1.85 bits per heavy atom. The molecule has 0 bridgehead atoms. The van der Waals surface area contributed by atoms with E-state index in [1.54, 1.807) is 48.7 Å². The maximum Gasteiger partial charge on any atom is 0.427 e. The molecule has 0 spiro atoms. The summed E-state index contributed by atoms with van der Waals surface area (Å²) >= 11 is 0. The Balaban J connectivity index is 1.31. The van der Waals surface area contributed by atoms with E-state index in [1.165, 1.54) is 6.20 Å². The molecule has 0 aliphatic carbocycles. The number of piperidine rings is 1. The van der Waals surface area contributed by atoms with Gasteiger partial charge in [-0.15, -0.1) is 0 Å². The van der Waals surface area contributed by atoms with Gasteiger partial charge in [-0.3, -0.25) is 9.47 Å². The fourth-order valence-corrected chi connectivity index (χ4v) is 4.75. The van der Waals surface area contributed by atoms with Crippen LogP contribution in [0.4, 0.5) is 23.4 Å². The Bertz CT molecular complexity index is 1460. The van der Waals surface area contributed by atoms with Crippen molar-refractivity contribution in [1.82, 2.24) is 24.4 Å². The molecule has 204 valence electrons. The standard InChI is InChI=1S/C28H28F4N6O/c1-2-3-18-14-23-26(35-16-18)38(27(36-23)25(29)28(30,31)32)20-4-6-21(7-5-20)39-22-9-12-37(13-10-22)17-19-8-11-34-24(33)15-19/h2-8,11,14-16,22,25H,9-10,12-13,17H2,1H3,(H2,33,34)/b3-2+. The molecule has 3 aromatic heterocycles. The highest BCUT2D eigenvalue weighted by Crippen LogP contribution is 2.38. The van der Waals surface area contributed by atoms with Gasteiger partial charge in [0.2, 0.25) is 0 Å². The first kappa shape index (κ1) is 26.6. The summed E-state index contributed by atoms with van der Waals surface area (Å²) in [4.78, 5) is 14.6. The van der Waals surface area contributed by atoms with E-state index in [2.05, 4.69) is 19.9 Å². The van der Waals surface area contributed by atoms with Crippen molar-refractivity contribution in [2.45, 2.75) is 44.8 Å². The average Bonchev–Trinajstić information content (AvgIpc) is 3.28. The summed E-state index contributed by atoms with van der Waals surface area (Å²) in [5.41, 5.74) is 8.16. The van der Waals surface area contributed by atoms with Crippen LogP contribution >= 0.6 is 0 Å². The van der Waals surface area contributed by atoms with Gasteiger partial charge in [0.25, 0.3) is 6.17 Å². The van der Waals surface area contributed by atoms with Gasteiger partial charge >= 0.3 is 6.18 Å². The van der Waals surface area contributed by atoms with E-state index in [4.69, 9.17) is 10.5 Å². The largest absolute Gasteiger partial charge is 0.490 e. The highest BCUT2D eigenvalue weighted by Gasteiger charge is 2.45. The molecule has 4 aromatic rings. The summed E-state index contributed by atoms with van der Waals surface area (Å²) in [6.07, 6.45) is 0.0209. The van der Waals surface area contributed by atoms with E-state index in [1.807, 2.05) is 19.1 Å². The second-order valence-corrected chi connectivity index (χ2v) is 9.50. The number of allylic oxidation sites excluding steroid dienone is 1. The molecule has 0 radical (unpaired) electrons. The van der Waals surface area contributed by atoms with Crippen LogP contribution < -0.4 is 10.5 Å². The van der Waals surface area contributed by atoms with E-state index in [-0.39, 0.29) is 17.3 Å². The van der Waals surface area contributed by atoms with Crippen LogP contribution in [0.1, 0.15) is 42.9 Å². The molecule has 1 aliphatic rings. The maximum atomic E-state index is 14.6. The third-order valence-corrected chi connectivity index (χ3v) is 6.60. The lowest BCUT2D eigenvalue weighted by Crippen LogP contribution is -2.37. The lowest BCUT2D eigenvalue weighted by molar-refractivity contribution is -0.185. The van der Waals surface area contributed by atoms with Crippen molar-refractivity contribution in [2.24, 2.45) is 0 Å². The number of hydrogen-bond acceptors (Lipinski definition) is 6. The second-order valence-electron chi connectivity index (χ2n) is 9.50. The van der Waals surface area contributed by atoms with Gasteiger partial charge in [-0.1, -0.05) is 12.2 Å². The summed E-state index contributed by atoms with van der Waals surface area (Å²) < 4.78 is 61.9. The number of benzene rings is 1. The van der Waals surface area contributed by atoms with Gasteiger partial charge in [0.1, 0.15) is 23.2 Å². The number of likely N-dealkylation sites (tertiary alicyclic amines) is 1. The molecule has 1 aliphatic heterocycles. The molecule has 1 fully saturated rings. The zero-order chi connectivity index (χ0) is 27.6. The molecule has 1 atom stereocenters. The fraction of sp³-hybridized carbons (Fsp3) is 0.321. The van der Waals surface area contributed by atoms with Crippen molar-refractivity contribution in [2.75, 3.05) is 18.8 Å². The topological polar surface area (TPSA) is 82.1 Å². The smallest absolute Gasteiger partial charge is 0.427 e. The van der Waals surface area contributed by atoms with Gasteiger partial charge in [0.05, 0.1) is 0 Å². The summed E-state index contributed by atoms with van der Waals surface area (Å²) in [6.45, 7) is 4.30. The first-order valence-electron chi connectivity index (χ1n) is 12.6. The van der Waals surface area contributed by atoms with Crippen LogP contribution in [0.5, 0.6) is 5.75 Å². The normalized spacial score (nSPS) is 16.2. The minimum Gasteiger partial charge on any atom is -0.490 e. The molecule has 1 unspecified atom stereocenters. The van der Waals surface area contributed by atoms with Crippen LogP contribution in [0.2, 0.25) is 0 Å². The van der Waals surface area contributed by atoms with Crippen molar-refractivity contribution in [3.63, 3.8) is 0 Å². The van der Waals surface area contributed by atoms with Crippen molar-refractivity contribution in [3.8, 4) is 11.4 Å². The van der Waals surface area contributed by atoms with Crippen LogP contribution in [0, 0.1) is 0 Å². The van der Waals surface area contributed by atoms with E-state index < -0.39 is 18.2 Å². The van der Waals surface area contributed by atoms with Crippen LogP contribution in [0.25, 0.3) is 22.9 Å². The molecule has 7 nitrogen and oxygen atoms in total. The van der Waals surface area contributed by atoms with Crippen LogP contribution in [-0.4, -0.2) is 49.8 Å². The molecule has 0 saturated carbocycles. The van der Waals surface area contributed by atoms with Gasteiger partial charge in [-0.25, -0.2) is 19.3 Å². The number of anilines is 1. The van der Waals surface area contributed by atoms with E-state index in [0.29, 0.717) is 22.8 Å². The molecule has 39 heavy (non-hydrogen) atoms. The highest BCUT2D eigenvalue weighted by molar-refractivity contribution is 5.77. The zero-order valence-corrected chi connectivity index (χ0v) is 21.3. The number of nitrogens with two attached hydrogens (primary N) is 1. The average molecular weight is 541 g/mol. The number of rotatable bonds is 7. The predicted octanol–water partition coefficient (Wildman–Crippen LogP) is 6.05. The summed E-state index contributed by atoms with van der Waals surface area (Å²) in [6, 6.07) is 11.9. The number of pyridine rings is 2. The molecule has 1 aromatic carbocycles. The molecule has 1 saturated heterocycles. The fourth-order valence-electron chi connectivity index (χ4n) is 4.75. The summed E-state index contributed by atoms with van der Waals surface area (Å²) in [5, 5.41) is 0. The minimum absolute atomic E-state index is 0.00593. The van der Waals surface area contributed by atoms with Crippen molar-refractivity contribution >= 4 is 23.1 Å². The maximum absolute atomic E-state index is 14.6. The number of hydrogen-bond donors (Lipinski definition) is 1. The number of fused-ring (bicyclic) bond motifs is 1. The Kier molecular flexibility index (Phi) is 7.51. The van der Waals surface area contributed by atoms with Crippen LogP contribution in [0.3, 0.4) is 0 Å². The summed E-state index contributed by atoms with van der Waals surface area (Å²) in [5.74, 6) is 0.320. The van der Waals surface area contributed by atoms with E-state index in [0.717, 1.165) is 42.6 Å². The van der Waals surface area contributed by atoms with Crippen molar-refractivity contribution < 1.29 is 22.3 Å². The number of halogens is 4. The molecule has 0 amide bonds. The van der Waals surface area contributed by atoms with Gasteiger partial charge in [-0.05, 0) is 73.4 Å². The van der Waals surface area contributed by atoms with E-state index in [9.17, 15) is 17.6 Å². The van der Waals surface area contributed by atoms with Gasteiger partial charge in [-0.2, -0.15) is 13.2 Å². The third-order valence-electron chi connectivity index (χ3n) is 6.60. The Labute approximate surface area is 222 Å². The first-order chi connectivity index (χ1) is 18.7. The number of nitrogens with zero attached hydrogens (tertiary/aromatic N) is 5. The number of nitrogen functional groups attached to an aromatic ring is 1. The van der Waals surface area contributed by atoms with Gasteiger partial charge in [0, 0.05) is 37.7 Å². The van der Waals surface area contributed by atoms with Crippen LogP contribution in [0.15, 0.2) is 60.9 Å². The second kappa shape index (κ2) is 11.0. The third kappa shape index (κ3) is 6.03. The monoisotopic (exact) mass is 540 g/mol. The lowest BCUT2D eigenvalue weighted by atomic mass is 10.1. The quantitative estimate of drug-likeness (QED) is 0.288. The SMILES string of the molecule is C/C=C/c1cnc2c(c1)nc(C(F)C(F)(F)F)n2-c1ccc(OC2CCN(Cc3ccnc(N)c3)CC2)cc1. The number of alkyl halides is 4. The lowest BCUT2D eigenvalue weighted by Gasteiger charge is -2.32. The van der Waals surface area contributed by atoms with Gasteiger partial charge in [0.15, 0.2) is 11.5 Å². The highest BCUT2D eigenvalue weighted by atomic mass is 19.4. The minimum atomic E-state index is -5.10. The van der Waals surface area contributed by atoms with E-state index >= 15 is 0 Å². The zero-order valence-electron chi connectivity index (χ0n) is 21.3. The Morgan fingerprint density at radius 3 is 2.51 bits per heavy atom. The molecule has 4 heterocycles.